The van der Waals surface area contributed by atoms with Crippen molar-refractivity contribution in [1.82, 2.24) is 9.97 Å². The molecule has 0 aliphatic heterocycles. The zero-order valence-corrected chi connectivity index (χ0v) is 16.4. The monoisotopic (exact) mass is 380 g/mol. The fourth-order valence-corrected chi connectivity index (χ4v) is 4.99. The van der Waals surface area contributed by atoms with Crippen LogP contribution < -0.4 is 0 Å². The molecular weight excluding hydrogens is 364 g/mol. The van der Waals surface area contributed by atoms with Crippen LogP contribution in [0.25, 0.3) is 43.4 Å². The molecule has 0 radical (unpaired) electrons. The predicted molar refractivity (Wildman–Crippen MR) is 117 cm³/mol. The number of rotatable bonds is 0. The molecule has 0 unspecified atom stereocenters. The Balaban J connectivity index is 1.85. The fourth-order valence-electron chi connectivity index (χ4n) is 4.85. The molecule has 0 N–H and O–H groups in total. The standard InChI is InChI=1S/C25H17ClN2/c1-25(2)22-12-19-17-10-6-4-8-15(17)14-7-3-5-9-16(14)18(19)11-20(22)21-13-27-24(26)28-23(21)25/h3-13H,1-2H3. The maximum absolute atomic E-state index is 6.13. The van der Waals surface area contributed by atoms with Gasteiger partial charge in [-0.25, -0.2) is 9.97 Å². The number of hydrogen-bond acceptors (Lipinski definition) is 2. The Labute approximate surface area is 167 Å². The highest BCUT2D eigenvalue weighted by molar-refractivity contribution is 6.28. The molecule has 0 saturated heterocycles. The Kier molecular flexibility index (Phi) is 3.03. The normalized spacial score (nSPS) is 14.5. The zero-order chi connectivity index (χ0) is 19.0. The summed E-state index contributed by atoms with van der Waals surface area (Å²) in [4.78, 5) is 8.85. The van der Waals surface area contributed by atoms with Crippen molar-refractivity contribution < 1.29 is 0 Å². The van der Waals surface area contributed by atoms with Crippen LogP contribution >= 0.6 is 11.6 Å². The number of aromatic nitrogens is 2. The van der Waals surface area contributed by atoms with Crippen LogP contribution in [0.2, 0.25) is 5.28 Å². The second kappa shape index (κ2) is 5.30. The Hall–Kier alpha value is -2.97. The summed E-state index contributed by atoms with van der Waals surface area (Å²) in [6, 6.07) is 22.0. The molecule has 6 rings (SSSR count). The second-order valence-corrected chi connectivity index (χ2v) is 8.40. The predicted octanol–water partition coefficient (Wildman–Crippen LogP) is 6.90. The maximum atomic E-state index is 6.13. The molecule has 0 amide bonds. The molecule has 134 valence electrons. The summed E-state index contributed by atoms with van der Waals surface area (Å²) in [7, 11) is 0. The molecule has 1 heterocycles. The van der Waals surface area contributed by atoms with Gasteiger partial charge in [0.1, 0.15) is 0 Å². The van der Waals surface area contributed by atoms with E-state index in [1.807, 2.05) is 6.20 Å². The molecule has 0 fully saturated rings. The van der Waals surface area contributed by atoms with Crippen molar-refractivity contribution in [2.75, 3.05) is 0 Å². The van der Waals surface area contributed by atoms with Crippen LogP contribution in [-0.2, 0) is 5.41 Å². The van der Waals surface area contributed by atoms with E-state index in [9.17, 15) is 0 Å². The second-order valence-electron chi connectivity index (χ2n) is 8.06. The van der Waals surface area contributed by atoms with Crippen molar-refractivity contribution in [3.8, 4) is 11.1 Å². The van der Waals surface area contributed by atoms with Crippen LogP contribution in [0.15, 0.2) is 66.9 Å². The van der Waals surface area contributed by atoms with Crippen molar-refractivity contribution >= 4 is 43.9 Å². The molecule has 0 saturated carbocycles. The van der Waals surface area contributed by atoms with Crippen LogP contribution in [0.4, 0.5) is 0 Å². The van der Waals surface area contributed by atoms with Gasteiger partial charge in [-0.2, -0.15) is 0 Å². The summed E-state index contributed by atoms with van der Waals surface area (Å²) in [5.74, 6) is 0. The van der Waals surface area contributed by atoms with Crippen molar-refractivity contribution in [1.29, 1.82) is 0 Å². The topological polar surface area (TPSA) is 25.8 Å². The van der Waals surface area contributed by atoms with Crippen molar-refractivity contribution in [2.24, 2.45) is 0 Å². The lowest BCUT2D eigenvalue weighted by Crippen LogP contribution is -2.17. The van der Waals surface area contributed by atoms with Gasteiger partial charge in [0.15, 0.2) is 0 Å². The minimum Gasteiger partial charge on any atom is -0.226 e. The molecule has 2 nitrogen and oxygen atoms in total. The van der Waals surface area contributed by atoms with E-state index in [1.54, 1.807) is 0 Å². The largest absolute Gasteiger partial charge is 0.226 e. The average Bonchev–Trinajstić information content (AvgIpc) is 2.93. The van der Waals surface area contributed by atoms with Gasteiger partial charge in [0, 0.05) is 17.2 Å². The number of hydrogen-bond donors (Lipinski definition) is 0. The summed E-state index contributed by atoms with van der Waals surface area (Å²) in [6.45, 7) is 4.44. The number of fused-ring (bicyclic) bond motifs is 9. The van der Waals surface area contributed by atoms with Gasteiger partial charge in [0.2, 0.25) is 5.28 Å². The lowest BCUT2D eigenvalue weighted by atomic mass is 9.83. The molecule has 1 aromatic heterocycles. The van der Waals surface area contributed by atoms with Gasteiger partial charge in [0.05, 0.1) is 5.69 Å². The minimum atomic E-state index is -0.210. The van der Waals surface area contributed by atoms with E-state index in [1.165, 1.54) is 43.4 Å². The Bertz CT molecular complexity index is 1450. The highest BCUT2D eigenvalue weighted by Crippen LogP contribution is 2.50. The summed E-state index contributed by atoms with van der Waals surface area (Å²) < 4.78 is 0. The lowest BCUT2D eigenvalue weighted by molar-refractivity contribution is 0.635. The third-order valence-corrected chi connectivity index (χ3v) is 6.38. The molecule has 3 heteroatoms. The van der Waals surface area contributed by atoms with Crippen molar-refractivity contribution in [3.05, 3.63) is 83.4 Å². The summed E-state index contributed by atoms with van der Waals surface area (Å²) >= 11 is 6.13. The van der Waals surface area contributed by atoms with E-state index < -0.39 is 0 Å². The molecule has 1 aliphatic rings. The molecular formula is C25H17ClN2. The molecule has 5 aromatic rings. The average molecular weight is 381 g/mol. The van der Waals surface area contributed by atoms with E-state index in [0.29, 0.717) is 5.28 Å². The molecule has 0 spiro atoms. The van der Waals surface area contributed by atoms with Gasteiger partial charge < -0.3 is 0 Å². The van der Waals surface area contributed by atoms with Gasteiger partial charge in [-0.15, -0.1) is 0 Å². The lowest BCUT2D eigenvalue weighted by Gasteiger charge is -2.21. The van der Waals surface area contributed by atoms with Crippen molar-refractivity contribution in [2.45, 2.75) is 19.3 Å². The van der Waals surface area contributed by atoms with Gasteiger partial charge in [-0.3, -0.25) is 0 Å². The summed E-state index contributed by atoms with van der Waals surface area (Å²) in [5.41, 5.74) is 4.38. The van der Waals surface area contributed by atoms with Gasteiger partial charge in [-0.1, -0.05) is 62.4 Å². The smallest absolute Gasteiger partial charge is 0.222 e. The Morgan fingerprint density at radius 3 is 1.86 bits per heavy atom. The molecule has 1 aliphatic carbocycles. The molecule has 0 bridgehead atoms. The highest BCUT2D eigenvalue weighted by Gasteiger charge is 2.38. The summed E-state index contributed by atoms with van der Waals surface area (Å²) in [6.07, 6.45) is 1.87. The third-order valence-electron chi connectivity index (χ3n) is 6.20. The maximum Gasteiger partial charge on any atom is 0.222 e. The molecule has 28 heavy (non-hydrogen) atoms. The van der Waals surface area contributed by atoms with Crippen LogP contribution in [-0.4, -0.2) is 9.97 Å². The van der Waals surface area contributed by atoms with E-state index in [4.69, 9.17) is 11.6 Å². The number of halogens is 1. The minimum absolute atomic E-state index is 0.210. The van der Waals surface area contributed by atoms with E-state index in [-0.39, 0.29) is 5.41 Å². The Morgan fingerprint density at radius 2 is 1.25 bits per heavy atom. The van der Waals surface area contributed by atoms with Crippen LogP contribution in [0.1, 0.15) is 25.1 Å². The first-order valence-corrected chi connectivity index (χ1v) is 9.84. The quantitative estimate of drug-likeness (QED) is 0.216. The zero-order valence-electron chi connectivity index (χ0n) is 15.6. The van der Waals surface area contributed by atoms with Gasteiger partial charge in [-0.05, 0) is 67.2 Å². The van der Waals surface area contributed by atoms with Crippen LogP contribution in [0, 0.1) is 0 Å². The molecule has 4 aromatic carbocycles. The highest BCUT2D eigenvalue weighted by atomic mass is 35.5. The first-order chi connectivity index (χ1) is 13.6. The van der Waals surface area contributed by atoms with E-state index >= 15 is 0 Å². The van der Waals surface area contributed by atoms with E-state index in [2.05, 4.69) is 84.5 Å². The van der Waals surface area contributed by atoms with Crippen molar-refractivity contribution in [3.63, 3.8) is 0 Å². The van der Waals surface area contributed by atoms with Crippen LogP contribution in [0.5, 0.6) is 0 Å². The van der Waals surface area contributed by atoms with Gasteiger partial charge >= 0.3 is 0 Å². The molecule has 0 atom stereocenters. The fraction of sp³-hybridized carbons (Fsp3) is 0.120. The van der Waals surface area contributed by atoms with Crippen LogP contribution in [0.3, 0.4) is 0 Å². The first-order valence-electron chi connectivity index (χ1n) is 9.47. The first kappa shape index (κ1) is 16.0. The number of benzene rings is 4. The Morgan fingerprint density at radius 1 is 0.714 bits per heavy atom. The summed E-state index contributed by atoms with van der Waals surface area (Å²) in [5, 5.41) is 8.01. The SMILES string of the molecule is CC1(C)c2cc3c4ccccc4c4ccccc4c3cc2-c2cnc(Cl)nc21. The number of nitrogens with zero attached hydrogens (tertiary/aromatic N) is 2. The van der Waals surface area contributed by atoms with Gasteiger partial charge in [0.25, 0.3) is 0 Å². The third kappa shape index (κ3) is 1.93. The van der Waals surface area contributed by atoms with E-state index in [0.717, 1.165) is 11.3 Å².